The lowest BCUT2D eigenvalue weighted by molar-refractivity contribution is -0.136. The van der Waals surface area contributed by atoms with Crippen LogP contribution in [-0.4, -0.2) is 4.98 Å². The Balaban J connectivity index is 2.87. The SMILES string of the molecule is N#Cc1c(N)[nH]c2c(C(F)(F)F)cccc12. The number of hydrogen-bond donors (Lipinski definition) is 2. The highest BCUT2D eigenvalue weighted by Gasteiger charge is 2.33. The molecule has 1 aromatic carbocycles. The average Bonchev–Trinajstić information content (AvgIpc) is 2.50. The Hall–Kier alpha value is -2.16. The van der Waals surface area contributed by atoms with E-state index in [-0.39, 0.29) is 22.3 Å². The summed E-state index contributed by atoms with van der Waals surface area (Å²) in [5.74, 6) is -0.0470. The van der Waals surface area contributed by atoms with Crippen molar-refractivity contribution in [3.63, 3.8) is 0 Å². The second-order valence-electron chi connectivity index (χ2n) is 3.25. The van der Waals surface area contributed by atoms with Crippen LogP contribution >= 0.6 is 0 Å². The lowest BCUT2D eigenvalue weighted by Gasteiger charge is -2.07. The lowest BCUT2D eigenvalue weighted by Crippen LogP contribution is -2.05. The summed E-state index contributed by atoms with van der Waals surface area (Å²) in [5.41, 5.74) is 4.50. The quantitative estimate of drug-likeness (QED) is 0.723. The van der Waals surface area contributed by atoms with E-state index >= 15 is 0 Å². The van der Waals surface area contributed by atoms with Crippen molar-refractivity contribution in [3.05, 3.63) is 29.3 Å². The highest BCUT2D eigenvalue weighted by Crippen LogP contribution is 2.36. The summed E-state index contributed by atoms with van der Waals surface area (Å²) in [6.07, 6.45) is -4.47. The molecule has 82 valence electrons. The zero-order valence-corrected chi connectivity index (χ0v) is 7.89. The number of nitrogen functional groups attached to an aromatic ring is 1. The van der Waals surface area contributed by atoms with E-state index in [1.165, 1.54) is 12.1 Å². The molecule has 0 saturated carbocycles. The number of nitrogens with one attached hydrogen (secondary N) is 1. The molecular formula is C10H6F3N3. The number of H-pyrrole nitrogens is 1. The molecule has 16 heavy (non-hydrogen) atoms. The van der Waals surface area contributed by atoms with Crippen LogP contribution in [-0.2, 0) is 6.18 Å². The molecule has 2 aromatic rings. The first-order valence-corrected chi connectivity index (χ1v) is 4.32. The van der Waals surface area contributed by atoms with Gasteiger partial charge in [-0.1, -0.05) is 12.1 Å². The fourth-order valence-corrected chi connectivity index (χ4v) is 1.59. The predicted octanol–water partition coefficient (Wildman–Crippen LogP) is 2.64. The Kier molecular flexibility index (Phi) is 2.05. The largest absolute Gasteiger partial charge is 0.418 e. The van der Waals surface area contributed by atoms with Crippen LogP contribution in [0.3, 0.4) is 0 Å². The number of aromatic nitrogens is 1. The molecule has 1 aromatic heterocycles. The van der Waals surface area contributed by atoms with Gasteiger partial charge in [-0.15, -0.1) is 0 Å². The zero-order chi connectivity index (χ0) is 11.9. The minimum Gasteiger partial charge on any atom is -0.384 e. The van der Waals surface area contributed by atoms with E-state index in [1.807, 2.05) is 0 Å². The number of nitriles is 1. The van der Waals surface area contributed by atoms with Crippen molar-refractivity contribution in [3.8, 4) is 6.07 Å². The smallest absolute Gasteiger partial charge is 0.384 e. The number of benzene rings is 1. The molecule has 3 nitrogen and oxygen atoms in total. The van der Waals surface area contributed by atoms with E-state index in [0.29, 0.717) is 0 Å². The highest BCUT2D eigenvalue weighted by atomic mass is 19.4. The summed E-state index contributed by atoms with van der Waals surface area (Å²) in [6, 6.07) is 5.39. The van der Waals surface area contributed by atoms with Gasteiger partial charge in [0.25, 0.3) is 0 Å². The highest BCUT2D eigenvalue weighted by molar-refractivity contribution is 5.93. The molecule has 3 N–H and O–H groups in total. The molecule has 0 atom stereocenters. The Labute approximate surface area is 88.3 Å². The van der Waals surface area contributed by atoms with E-state index in [2.05, 4.69) is 4.98 Å². The number of nitrogens with zero attached hydrogens (tertiary/aromatic N) is 1. The molecule has 0 unspecified atom stereocenters. The van der Waals surface area contributed by atoms with Gasteiger partial charge < -0.3 is 10.7 Å². The third kappa shape index (κ3) is 1.37. The van der Waals surface area contributed by atoms with Crippen LogP contribution in [0.4, 0.5) is 19.0 Å². The molecule has 0 spiro atoms. The van der Waals surface area contributed by atoms with Crippen LogP contribution in [0.2, 0.25) is 0 Å². The first-order chi connectivity index (χ1) is 7.45. The third-order valence-corrected chi connectivity index (χ3v) is 2.28. The number of halogens is 3. The van der Waals surface area contributed by atoms with Crippen LogP contribution in [0.5, 0.6) is 0 Å². The molecule has 0 radical (unpaired) electrons. The van der Waals surface area contributed by atoms with Crippen molar-refractivity contribution in [1.82, 2.24) is 4.98 Å². The van der Waals surface area contributed by atoms with Gasteiger partial charge >= 0.3 is 6.18 Å². The summed E-state index contributed by atoms with van der Waals surface area (Å²) in [4.78, 5) is 2.39. The van der Waals surface area contributed by atoms with Crippen molar-refractivity contribution in [2.75, 3.05) is 5.73 Å². The molecule has 0 aliphatic carbocycles. The summed E-state index contributed by atoms with van der Waals surface area (Å²) >= 11 is 0. The van der Waals surface area contributed by atoms with Crippen molar-refractivity contribution in [1.29, 1.82) is 5.26 Å². The van der Waals surface area contributed by atoms with Gasteiger partial charge in [-0.3, -0.25) is 0 Å². The number of para-hydroxylation sites is 1. The third-order valence-electron chi connectivity index (χ3n) is 2.28. The molecule has 0 fully saturated rings. The second-order valence-corrected chi connectivity index (χ2v) is 3.25. The zero-order valence-electron chi connectivity index (χ0n) is 7.89. The van der Waals surface area contributed by atoms with Crippen molar-refractivity contribution in [2.24, 2.45) is 0 Å². The Morgan fingerprint density at radius 2 is 2.00 bits per heavy atom. The van der Waals surface area contributed by atoms with Crippen LogP contribution in [0.15, 0.2) is 18.2 Å². The van der Waals surface area contributed by atoms with E-state index in [4.69, 9.17) is 11.0 Å². The van der Waals surface area contributed by atoms with Gasteiger partial charge in [0.2, 0.25) is 0 Å². The molecule has 0 amide bonds. The van der Waals surface area contributed by atoms with Gasteiger partial charge in [0.15, 0.2) is 0 Å². The van der Waals surface area contributed by atoms with Gasteiger partial charge in [-0.2, -0.15) is 18.4 Å². The standard InChI is InChI=1S/C10H6F3N3/c11-10(12,13)7-3-1-2-5-6(4-14)9(15)16-8(5)7/h1-3,16H,15H2. The number of nitrogens with two attached hydrogens (primary N) is 1. The first kappa shape index (κ1) is 10.4. The number of rotatable bonds is 0. The molecule has 1 heterocycles. The Morgan fingerprint density at radius 3 is 2.56 bits per heavy atom. The molecule has 0 saturated heterocycles. The number of anilines is 1. The number of aromatic amines is 1. The van der Waals surface area contributed by atoms with Crippen molar-refractivity contribution >= 4 is 16.7 Å². The first-order valence-electron chi connectivity index (χ1n) is 4.32. The second kappa shape index (κ2) is 3.17. The maximum atomic E-state index is 12.6. The summed E-state index contributed by atoms with van der Waals surface area (Å²) < 4.78 is 37.9. The van der Waals surface area contributed by atoms with Gasteiger partial charge in [0.05, 0.1) is 11.1 Å². The monoisotopic (exact) mass is 225 g/mol. The maximum absolute atomic E-state index is 12.6. The molecular weight excluding hydrogens is 219 g/mol. The van der Waals surface area contributed by atoms with Crippen LogP contribution < -0.4 is 5.73 Å². The normalized spacial score (nSPS) is 11.6. The van der Waals surface area contributed by atoms with Gasteiger partial charge in [-0.05, 0) is 6.07 Å². The van der Waals surface area contributed by atoms with E-state index in [0.717, 1.165) is 6.07 Å². The number of fused-ring (bicyclic) bond motifs is 1. The molecule has 0 bridgehead atoms. The van der Waals surface area contributed by atoms with E-state index in [9.17, 15) is 13.2 Å². The summed E-state index contributed by atoms with van der Waals surface area (Å²) in [6.45, 7) is 0. The Morgan fingerprint density at radius 1 is 1.31 bits per heavy atom. The van der Waals surface area contributed by atoms with E-state index in [1.54, 1.807) is 6.07 Å². The van der Waals surface area contributed by atoms with Gasteiger partial charge in [-0.25, -0.2) is 0 Å². The average molecular weight is 225 g/mol. The lowest BCUT2D eigenvalue weighted by atomic mass is 10.1. The number of alkyl halides is 3. The molecule has 2 rings (SSSR count). The maximum Gasteiger partial charge on any atom is 0.418 e. The van der Waals surface area contributed by atoms with Crippen LogP contribution in [0, 0.1) is 11.3 Å². The summed E-state index contributed by atoms with van der Waals surface area (Å²) in [5, 5.41) is 8.96. The van der Waals surface area contributed by atoms with Crippen LogP contribution in [0.25, 0.3) is 10.9 Å². The minimum absolute atomic E-state index is 0.0427. The van der Waals surface area contributed by atoms with Crippen LogP contribution in [0.1, 0.15) is 11.1 Å². The predicted molar refractivity (Wildman–Crippen MR) is 52.4 cm³/mol. The fraction of sp³-hybridized carbons (Fsp3) is 0.100. The molecule has 6 heteroatoms. The topological polar surface area (TPSA) is 65.6 Å². The fourth-order valence-electron chi connectivity index (χ4n) is 1.59. The van der Waals surface area contributed by atoms with E-state index < -0.39 is 11.7 Å². The van der Waals surface area contributed by atoms with Crippen molar-refractivity contribution < 1.29 is 13.2 Å². The molecule has 0 aliphatic rings. The molecule has 0 aliphatic heterocycles. The van der Waals surface area contributed by atoms with Gasteiger partial charge in [0.1, 0.15) is 17.5 Å². The van der Waals surface area contributed by atoms with Gasteiger partial charge in [0, 0.05) is 5.39 Å². The Bertz CT molecular complexity index is 590. The number of hydrogen-bond acceptors (Lipinski definition) is 2. The van der Waals surface area contributed by atoms with Crippen molar-refractivity contribution in [2.45, 2.75) is 6.18 Å². The summed E-state index contributed by atoms with van der Waals surface area (Å²) in [7, 11) is 0. The minimum atomic E-state index is -4.47.